The molecule has 1 fully saturated rings. The number of pyridine rings is 1. The van der Waals surface area contributed by atoms with Gasteiger partial charge < -0.3 is 15.4 Å². The number of ether oxygens (including phenoxy) is 1. The normalized spacial score (nSPS) is 20.4. The van der Waals surface area contributed by atoms with Crippen molar-refractivity contribution in [3.63, 3.8) is 0 Å². The van der Waals surface area contributed by atoms with Gasteiger partial charge in [-0.3, -0.25) is 4.79 Å². The molecule has 6 heteroatoms. The zero-order chi connectivity index (χ0) is 16.9. The number of carbonyl (C=O) groups is 1. The van der Waals surface area contributed by atoms with Crippen molar-refractivity contribution in [3.8, 4) is 11.6 Å². The fourth-order valence-electron chi connectivity index (χ4n) is 2.73. The first kappa shape index (κ1) is 16.9. The second kappa shape index (κ2) is 7.77. The van der Waals surface area contributed by atoms with E-state index >= 15 is 0 Å². The van der Waals surface area contributed by atoms with Crippen molar-refractivity contribution >= 4 is 21.8 Å². The number of nitrogens with zero attached hydrogens (tertiary/aromatic N) is 1. The molecule has 0 saturated carbocycles. The zero-order valence-corrected chi connectivity index (χ0v) is 15.0. The van der Waals surface area contributed by atoms with Crippen LogP contribution in [0.2, 0.25) is 0 Å². The minimum absolute atomic E-state index is 0.144. The highest BCUT2D eigenvalue weighted by molar-refractivity contribution is 9.10. The van der Waals surface area contributed by atoms with E-state index in [-0.39, 0.29) is 11.9 Å². The highest BCUT2D eigenvalue weighted by atomic mass is 79.9. The molecule has 126 valence electrons. The molecule has 2 heterocycles. The third-order valence-corrected chi connectivity index (χ3v) is 4.67. The Labute approximate surface area is 149 Å². The molecular formula is C18H20BrN3O2. The fourth-order valence-corrected chi connectivity index (χ4v) is 3.00. The molecule has 0 bridgehead atoms. The van der Waals surface area contributed by atoms with Crippen LogP contribution in [0.4, 0.5) is 0 Å². The van der Waals surface area contributed by atoms with E-state index in [1.54, 1.807) is 18.3 Å². The van der Waals surface area contributed by atoms with Crippen molar-refractivity contribution < 1.29 is 9.53 Å². The van der Waals surface area contributed by atoms with E-state index in [4.69, 9.17) is 4.74 Å². The van der Waals surface area contributed by atoms with E-state index in [1.807, 2.05) is 24.3 Å². The number of halogens is 1. The third-order valence-electron chi connectivity index (χ3n) is 4.15. The number of hydrogen-bond donors (Lipinski definition) is 2. The largest absolute Gasteiger partial charge is 0.438 e. The Morgan fingerprint density at radius 3 is 2.88 bits per heavy atom. The van der Waals surface area contributed by atoms with Gasteiger partial charge in [-0.2, -0.15) is 0 Å². The molecule has 1 aliphatic rings. The summed E-state index contributed by atoms with van der Waals surface area (Å²) in [6.07, 6.45) is 2.55. The van der Waals surface area contributed by atoms with E-state index in [0.717, 1.165) is 24.0 Å². The van der Waals surface area contributed by atoms with Crippen LogP contribution in [-0.2, 0) is 0 Å². The van der Waals surface area contributed by atoms with Gasteiger partial charge in [0.1, 0.15) is 11.3 Å². The molecule has 1 saturated heterocycles. The van der Waals surface area contributed by atoms with Crippen LogP contribution in [0.5, 0.6) is 11.6 Å². The van der Waals surface area contributed by atoms with Crippen LogP contribution in [0.1, 0.15) is 23.7 Å². The van der Waals surface area contributed by atoms with Gasteiger partial charge in [-0.1, -0.05) is 22.9 Å². The molecule has 24 heavy (non-hydrogen) atoms. The van der Waals surface area contributed by atoms with Gasteiger partial charge in [-0.15, -0.1) is 0 Å². The molecule has 2 atom stereocenters. The van der Waals surface area contributed by atoms with E-state index in [9.17, 15) is 4.79 Å². The van der Waals surface area contributed by atoms with Gasteiger partial charge in [0.15, 0.2) is 0 Å². The van der Waals surface area contributed by atoms with Crippen molar-refractivity contribution in [2.45, 2.75) is 19.4 Å². The van der Waals surface area contributed by atoms with E-state index in [1.165, 1.54) is 0 Å². The lowest BCUT2D eigenvalue weighted by Gasteiger charge is -2.30. The SMILES string of the molecule is CC1CNCCC1NC(=O)c1cccnc1Oc1ccc(Br)cc1. The highest BCUT2D eigenvalue weighted by Gasteiger charge is 2.24. The number of nitrogens with one attached hydrogen (secondary N) is 2. The van der Waals surface area contributed by atoms with Crippen molar-refractivity contribution in [3.05, 3.63) is 52.6 Å². The maximum absolute atomic E-state index is 12.7. The smallest absolute Gasteiger partial charge is 0.257 e. The quantitative estimate of drug-likeness (QED) is 0.841. The maximum Gasteiger partial charge on any atom is 0.257 e. The average molecular weight is 390 g/mol. The summed E-state index contributed by atoms with van der Waals surface area (Å²) < 4.78 is 6.76. The summed E-state index contributed by atoms with van der Waals surface area (Å²) in [5, 5.41) is 6.45. The molecule has 1 aromatic heterocycles. The Balaban J connectivity index is 1.75. The molecular weight excluding hydrogens is 370 g/mol. The predicted molar refractivity (Wildman–Crippen MR) is 96.4 cm³/mol. The number of carbonyl (C=O) groups excluding carboxylic acids is 1. The molecule has 2 N–H and O–H groups in total. The van der Waals surface area contributed by atoms with Crippen molar-refractivity contribution in [1.29, 1.82) is 0 Å². The summed E-state index contributed by atoms with van der Waals surface area (Å²) >= 11 is 3.39. The summed E-state index contributed by atoms with van der Waals surface area (Å²) in [6.45, 7) is 3.98. The number of piperidine rings is 1. The Morgan fingerprint density at radius 1 is 1.33 bits per heavy atom. The summed E-state index contributed by atoms with van der Waals surface area (Å²) in [5.74, 6) is 1.21. The first-order chi connectivity index (χ1) is 11.6. The molecule has 0 aliphatic carbocycles. The Kier molecular flexibility index (Phi) is 5.48. The lowest BCUT2D eigenvalue weighted by Crippen LogP contribution is -2.48. The van der Waals surface area contributed by atoms with Crippen LogP contribution < -0.4 is 15.4 Å². The summed E-state index contributed by atoms with van der Waals surface area (Å²) in [4.78, 5) is 16.9. The predicted octanol–water partition coefficient (Wildman–Crippen LogP) is 3.36. The minimum atomic E-state index is -0.144. The standard InChI is InChI=1S/C18H20BrN3O2/c1-12-11-20-10-8-16(12)22-17(23)15-3-2-9-21-18(15)24-14-6-4-13(19)5-7-14/h2-7,9,12,16,20H,8,10-11H2,1H3,(H,22,23). The summed E-state index contributed by atoms with van der Waals surface area (Å²) in [7, 11) is 0. The topological polar surface area (TPSA) is 63.2 Å². The van der Waals surface area contributed by atoms with Gasteiger partial charge in [0.25, 0.3) is 5.91 Å². The van der Waals surface area contributed by atoms with Crippen LogP contribution in [0.3, 0.4) is 0 Å². The molecule has 3 rings (SSSR count). The molecule has 1 aliphatic heterocycles. The minimum Gasteiger partial charge on any atom is -0.438 e. The first-order valence-corrected chi connectivity index (χ1v) is 8.83. The lowest BCUT2D eigenvalue weighted by atomic mass is 9.95. The van der Waals surface area contributed by atoms with E-state index in [0.29, 0.717) is 23.1 Å². The van der Waals surface area contributed by atoms with Gasteiger partial charge in [0.05, 0.1) is 0 Å². The Bertz CT molecular complexity index is 706. The van der Waals surface area contributed by atoms with Gasteiger partial charge in [0, 0.05) is 16.7 Å². The molecule has 0 radical (unpaired) electrons. The fraction of sp³-hybridized carbons (Fsp3) is 0.333. The second-order valence-corrected chi connectivity index (χ2v) is 6.88. The molecule has 0 spiro atoms. The molecule has 1 aromatic carbocycles. The van der Waals surface area contributed by atoms with Gasteiger partial charge >= 0.3 is 0 Å². The summed E-state index contributed by atoms with van der Waals surface area (Å²) in [6, 6.07) is 11.1. The summed E-state index contributed by atoms with van der Waals surface area (Å²) in [5.41, 5.74) is 0.450. The molecule has 5 nitrogen and oxygen atoms in total. The number of amides is 1. The average Bonchev–Trinajstić information content (AvgIpc) is 2.59. The van der Waals surface area contributed by atoms with Crippen molar-refractivity contribution in [2.75, 3.05) is 13.1 Å². The molecule has 2 aromatic rings. The van der Waals surface area contributed by atoms with Gasteiger partial charge in [0.2, 0.25) is 5.88 Å². The number of rotatable bonds is 4. The van der Waals surface area contributed by atoms with Gasteiger partial charge in [-0.05, 0) is 61.8 Å². The highest BCUT2D eigenvalue weighted by Crippen LogP contribution is 2.25. The van der Waals surface area contributed by atoms with E-state index < -0.39 is 0 Å². The lowest BCUT2D eigenvalue weighted by molar-refractivity contribution is 0.0911. The van der Waals surface area contributed by atoms with Crippen LogP contribution in [0, 0.1) is 5.92 Å². The van der Waals surface area contributed by atoms with Crippen molar-refractivity contribution in [2.24, 2.45) is 5.92 Å². The molecule has 2 unspecified atom stereocenters. The van der Waals surface area contributed by atoms with Crippen LogP contribution in [0.15, 0.2) is 47.1 Å². The number of aromatic nitrogens is 1. The monoisotopic (exact) mass is 389 g/mol. The number of hydrogen-bond acceptors (Lipinski definition) is 4. The zero-order valence-electron chi connectivity index (χ0n) is 13.5. The molecule has 1 amide bonds. The van der Waals surface area contributed by atoms with E-state index in [2.05, 4.69) is 38.5 Å². The van der Waals surface area contributed by atoms with Crippen LogP contribution in [-0.4, -0.2) is 30.0 Å². The van der Waals surface area contributed by atoms with Gasteiger partial charge in [-0.25, -0.2) is 4.98 Å². The number of benzene rings is 1. The van der Waals surface area contributed by atoms with Crippen LogP contribution >= 0.6 is 15.9 Å². The Morgan fingerprint density at radius 2 is 2.12 bits per heavy atom. The second-order valence-electron chi connectivity index (χ2n) is 5.96. The first-order valence-electron chi connectivity index (χ1n) is 8.03. The third kappa shape index (κ3) is 4.13. The maximum atomic E-state index is 12.7. The van der Waals surface area contributed by atoms with Crippen LogP contribution in [0.25, 0.3) is 0 Å². The van der Waals surface area contributed by atoms with Crippen molar-refractivity contribution in [1.82, 2.24) is 15.6 Å². The Hall–Kier alpha value is -1.92.